The normalized spacial score (nSPS) is 21.1. The topological polar surface area (TPSA) is 38.7 Å². The van der Waals surface area contributed by atoms with Crippen LogP contribution in [0, 0.1) is 0 Å². The van der Waals surface area contributed by atoms with Gasteiger partial charge in [-0.3, -0.25) is 0 Å². The lowest BCUT2D eigenvalue weighted by Gasteiger charge is -2.18. The first kappa shape index (κ1) is 11.4. The van der Waals surface area contributed by atoms with E-state index < -0.39 is 5.60 Å². The van der Waals surface area contributed by atoms with Crippen molar-refractivity contribution >= 4 is 0 Å². The molecule has 0 aliphatic carbocycles. The van der Waals surface area contributed by atoms with Gasteiger partial charge in [-0.05, 0) is 31.5 Å². The quantitative estimate of drug-likeness (QED) is 0.851. The van der Waals surface area contributed by atoms with Crippen LogP contribution in [0.5, 0.6) is 5.75 Å². The zero-order valence-electron chi connectivity index (χ0n) is 9.77. The minimum absolute atomic E-state index is 0.174. The zero-order valence-corrected chi connectivity index (χ0v) is 9.77. The summed E-state index contributed by atoms with van der Waals surface area (Å²) in [6, 6.07) is 7.58. The van der Waals surface area contributed by atoms with Crippen LogP contribution in [-0.4, -0.2) is 24.4 Å². The Bertz CT molecular complexity index is 331. The molecule has 0 bridgehead atoms. The third kappa shape index (κ3) is 2.74. The Morgan fingerprint density at radius 2 is 2.00 bits per heavy atom. The summed E-state index contributed by atoms with van der Waals surface area (Å²) in [6.07, 6.45) is 1.13. The lowest BCUT2D eigenvalue weighted by atomic mass is 9.99. The smallest absolute Gasteiger partial charge is 0.124 e. The highest BCUT2D eigenvalue weighted by Crippen LogP contribution is 2.23. The molecule has 3 heteroatoms. The highest BCUT2D eigenvalue weighted by molar-refractivity contribution is 5.30. The number of ether oxygens (including phenoxy) is 2. The summed E-state index contributed by atoms with van der Waals surface area (Å²) < 4.78 is 11.0. The summed E-state index contributed by atoms with van der Waals surface area (Å²) in [4.78, 5) is 0. The van der Waals surface area contributed by atoms with E-state index in [0.29, 0.717) is 6.61 Å². The number of benzene rings is 1. The predicted molar refractivity (Wildman–Crippen MR) is 61.5 cm³/mol. The van der Waals surface area contributed by atoms with Crippen molar-refractivity contribution in [3.8, 4) is 5.75 Å². The molecule has 1 aliphatic rings. The molecule has 1 saturated heterocycles. The van der Waals surface area contributed by atoms with Crippen molar-refractivity contribution in [2.45, 2.75) is 32.0 Å². The molecular formula is C13H18O3. The van der Waals surface area contributed by atoms with Gasteiger partial charge in [0.2, 0.25) is 0 Å². The minimum atomic E-state index is -0.797. The fourth-order valence-corrected chi connectivity index (χ4v) is 1.74. The maximum Gasteiger partial charge on any atom is 0.124 e. The molecule has 1 atom stereocenters. The lowest BCUT2D eigenvalue weighted by molar-refractivity contribution is 0.0784. The average Bonchev–Trinajstić information content (AvgIpc) is 2.70. The second-order valence-electron chi connectivity index (χ2n) is 4.69. The fraction of sp³-hybridized carbons (Fsp3) is 0.538. The molecule has 1 aromatic rings. The third-order valence-electron chi connectivity index (χ3n) is 2.75. The van der Waals surface area contributed by atoms with Crippen molar-refractivity contribution in [1.82, 2.24) is 0 Å². The summed E-state index contributed by atoms with van der Waals surface area (Å²) in [6.45, 7) is 5.00. The van der Waals surface area contributed by atoms with Crippen LogP contribution in [0.15, 0.2) is 24.3 Å². The molecule has 1 aliphatic heterocycles. The van der Waals surface area contributed by atoms with E-state index >= 15 is 0 Å². The number of rotatable bonds is 3. The van der Waals surface area contributed by atoms with Gasteiger partial charge >= 0.3 is 0 Å². The van der Waals surface area contributed by atoms with E-state index in [9.17, 15) is 5.11 Å². The van der Waals surface area contributed by atoms with Gasteiger partial charge in [0.1, 0.15) is 11.9 Å². The Balaban J connectivity index is 2.01. The van der Waals surface area contributed by atoms with E-state index in [1.807, 2.05) is 24.3 Å². The Morgan fingerprint density at radius 3 is 2.50 bits per heavy atom. The number of hydrogen-bond donors (Lipinski definition) is 1. The van der Waals surface area contributed by atoms with Gasteiger partial charge in [0.15, 0.2) is 0 Å². The summed E-state index contributed by atoms with van der Waals surface area (Å²) in [5.41, 5.74) is 0.0946. The minimum Gasteiger partial charge on any atom is -0.488 e. The van der Waals surface area contributed by atoms with Gasteiger partial charge in [-0.15, -0.1) is 0 Å². The highest BCUT2D eigenvalue weighted by Gasteiger charge is 2.18. The van der Waals surface area contributed by atoms with Crippen LogP contribution < -0.4 is 4.74 Å². The van der Waals surface area contributed by atoms with E-state index in [-0.39, 0.29) is 6.10 Å². The van der Waals surface area contributed by atoms with Gasteiger partial charge < -0.3 is 14.6 Å². The van der Waals surface area contributed by atoms with Crippen LogP contribution in [0.2, 0.25) is 0 Å². The molecule has 1 heterocycles. The molecule has 3 nitrogen and oxygen atoms in total. The molecule has 2 rings (SSSR count). The molecule has 0 radical (unpaired) electrons. The van der Waals surface area contributed by atoms with Gasteiger partial charge in [-0.2, -0.15) is 0 Å². The fourth-order valence-electron chi connectivity index (χ4n) is 1.74. The SMILES string of the molecule is CC(C)(O)c1ccc(OC2CCOC2)cc1. The predicted octanol–water partition coefficient (Wildman–Crippen LogP) is 2.08. The largest absolute Gasteiger partial charge is 0.488 e. The summed E-state index contributed by atoms with van der Waals surface area (Å²) in [5.74, 6) is 0.837. The Labute approximate surface area is 96.0 Å². The third-order valence-corrected chi connectivity index (χ3v) is 2.75. The summed E-state index contributed by atoms with van der Waals surface area (Å²) in [5, 5.41) is 9.80. The Kier molecular flexibility index (Phi) is 3.17. The molecule has 1 unspecified atom stereocenters. The van der Waals surface area contributed by atoms with Gasteiger partial charge in [0.25, 0.3) is 0 Å². The first-order valence-corrected chi connectivity index (χ1v) is 5.63. The van der Waals surface area contributed by atoms with Crippen LogP contribution >= 0.6 is 0 Å². The Morgan fingerprint density at radius 1 is 1.31 bits per heavy atom. The molecule has 0 spiro atoms. The molecule has 0 aromatic heterocycles. The van der Waals surface area contributed by atoms with Crippen molar-refractivity contribution in [2.75, 3.05) is 13.2 Å². The van der Waals surface area contributed by atoms with Gasteiger partial charge in [0.05, 0.1) is 18.8 Å². The molecule has 1 fully saturated rings. The molecule has 88 valence electrons. The molecule has 16 heavy (non-hydrogen) atoms. The van der Waals surface area contributed by atoms with E-state index in [1.54, 1.807) is 13.8 Å². The van der Waals surface area contributed by atoms with Crippen LogP contribution in [-0.2, 0) is 10.3 Å². The van der Waals surface area contributed by atoms with Gasteiger partial charge in [-0.1, -0.05) is 12.1 Å². The zero-order chi connectivity index (χ0) is 11.6. The van der Waals surface area contributed by atoms with E-state index in [4.69, 9.17) is 9.47 Å². The van der Waals surface area contributed by atoms with Crippen molar-refractivity contribution in [1.29, 1.82) is 0 Å². The molecule has 1 aromatic carbocycles. The van der Waals surface area contributed by atoms with E-state index in [2.05, 4.69) is 0 Å². The van der Waals surface area contributed by atoms with Crippen LogP contribution in [0.3, 0.4) is 0 Å². The maximum absolute atomic E-state index is 9.80. The highest BCUT2D eigenvalue weighted by atomic mass is 16.5. The average molecular weight is 222 g/mol. The maximum atomic E-state index is 9.80. The first-order chi connectivity index (χ1) is 7.55. The van der Waals surface area contributed by atoms with Crippen LogP contribution in [0.25, 0.3) is 0 Å². The monoisotopic (exact) mass is 222 g/mol. The van der Waals surface area contributed by atoms with E-state index in [1.165, 1.54) is 0 Å². The molecule has 0 amide bonds. The molecular weight excluding hydrogens is 204 g/mol. The van der Waals surface area contributed by atoms with Crippen molar-refractivity contribution in [2.24, 2.45) is 0 Å². The van der Waals surface area contributed by atoms with Crippen molar-refractivity contribution in [3.05, 3.63) is 29.8 Å². The summed E-state index contributed by atoms with van der Waals surface area (Å²) >= 11 is 0. The second kappa shape index (κ2) is 4.44. The van der Waals surface area contributed by atoms with Gasteiger partial charge in [-0.25, -0.2) is 0 Å². The van der Waals surface area contributed by atoms with Crippen molar-refractivity contribution in [3.63, 3.8) is 0 Å². The Hall–Kier alpha value is -1.06. The van der Waals surface area contributed by atoms with Crippen molar-refractivity contribution < 1.29 is 14.6 Å². The number of hydrogen-bond acceptors (Lipinski definition) is 3. The lowest BCUT2D eigenvalue weighted by Crippen LogP contribution is -2.17. The van der Waals surface area contributed by atoms with Gasteiger partial charge in [0, 0.05) is 6.42 Å². The van der Waals surface area contributed by atoms with E-state index in [0.717, 1.165) is 24.3 Å². The summed E-state index contributed by atoms with van der Waals surface area (Å²) in [7, 11) is 0. The first-order valence-electron chi connectivity index (χ1n) is 5.63. The number of aliphatic hydroxyl groups is 1. The van der Waals surface area contributed by atoms with Crippen LogP contribution in [0.4, 0.5) is 0 Å². The molecule has 0 saturated carbocycles. The second-order valence-corrected chi connectivity index (χ2v) is 4.69. The standard InChI is InChI=1S/C13H18O3/c1-13(2,14)10-3-5-11(6-4-10)16-12-7-8-15-9-12/h3-6,12,14H,7-9H2,1-2H3. The van der Waals surface area contributed by atoms with Crippen LogP contribution in [0.1, 0.15) is 25.8 Å². The molecule has 1 N–H and O–H groups in total.